The number of hydrogen-bond acceptors (Lipinski definition) is 5. The van der Waals surface area contributed by atoms with Gasteiger partial charge >= 0.3 is 5.97 Å². The van der Waals surface area contributed by atoms with Gasteiger partial charge in [-0.2, -0.15) is 0 Å². The molecule has 2 aromatic carbocycles. The molecular formula is C26H35N3O3. The second-order valence-corrected chi connectivity index (χ2v) is 8.37. The summed E-state index contributed by atoms with van der Waals surface area (Å²) >= 11 is 0. The van der Waals surface area contributed by atoms with Crippen molar-refractivity contribution < 1.29 is 14.3 Å². The summed E-state index contributed by atoms with van der Waals surface area (Å²) in [5.41, 5.74) is 10.5. The van der Waals surface area contributed by atoms with Crippen LogP contribution >= 0.6 is 0 Å². The zero-order valence-corrected chi connectivity index (χ0v) is 19.2. The normalized spacial score (nSPS) is 14.6. The third-order valence-electron chi connectivity index (χ3n) is 5.87. The highest BCUT2D eigenvalue weighted by Gasteiger charge is 2.22. The fourth-order valence-electron chi connectivity index (χ4n) is 4.27. The van der Waals surface area contributed by atoms with E-state index in [-0.39, 0.29) is 24.3 Å². The fourth-order valence-corrected chi connectivity index (χ4v) is 4.27. The summed E-state index contributed by atoms with van der Waals surface area (Å²) < 4.78 is 5.02. The van der Waals surface area contributed by atoms with Gasteiger partial charge in [0.1, 0.15) is 0 Å². The number of nitrogen functional groups attached to an aromatic ring is 1. The van der Waals surface area contributed by atoms with Gasteiger partial charge in [0.15, 0.2) is 0 Å². The highest BCUT2D eigenvalue weighted by atomic mass is 16.5. The first-order chi connectivity index (χ1) is 15.5. The SMILES string of the molecule is CCCC(NC(=O)Cc1ccc(C(=O)OCC)cc1)c1cc(N)ccc1N1CCCCC1. The van der Waals surface area contributed by atoms with Gasteiger partial charge in [0.2, 0.25) is 5.91 Å². The van der Waals surface area contributed by atoms with Crippen molar-refractivity contribution in [3.63, 3.8) is 0 Å². The molecule has 1 aliphatic heterocycles. The molecular weight excluding hydrogens is 402 g/mol. The minimum atomic E-state index is -0.349. The molecule has 3 N–H and O–H groups in total. The lowest BCUT2D eigenvalue weighted by atomic mass is 9.97. The van der Waals surface area contributed by atoms with Crippen LogP contribution in [0.1, 0.15) is 73.5 Å². The second-order valence-electron chi connectivity index (χ2n) is 8.37. The Labute approximate surface area is 191 Å². The van der Waals surface area contributed by atoms with Crippen molar-refractivity contribution in [2.24, 2.45) is 0 Å². The van der Waals surface area contributed by atoms with Crippen molar-refractivity contribution in [1.29, 1.82) is 0 Å². The number of nitrogens with two attached hydrogens (primary N) is 1. The van der Waals surface area contributed by atoms with Crippen molar-refractivity contribution >= 4 is 23.3 Å². The average molecular weight is 438 g/mol. The molecule has 32 heavy (non-hydrogen) atoms. The second kappa shape index (κ2) is 11.6. The number of hydrogen-bond donors (Lipinski definition) is 2. The molecule has 0 aliphatic carbocycles. The van der Waals surface area contributed by atoms with Gasteiger partial charge in [-0.1, -0.05) is 25.5 Å². The standard InChI is InChI=1S/C26H35N3O3/c1-3-8-23(22-18-21(27)13-14-24(22)29-15-6-5-7-16-29)28-25(30)17-19-9-11-20(12-10-19)26(31)32-4-2/h9-14,18,23H,3-8,15-17,27H2,1-2H3,(H,28,30). The minimum Gasteiger partial charge on any atom is -0.462 e. The van der Waals surface area contributed by atoms with Crippen LogP contribution in [0, 0.1) is 0 Å². The Kier molecular flexibility index (Phi) is 8.54. The number of anilines is 2. The van der Waals surface area contributed by atoms with E-state index >= 15 is 0 Å². The third kappa shape index (κ3) is 6.25. The molecule has 1 heterocycles. The summed E-state index contributed by atoms with van der Waals surface area (Å²) in [7, 11) is 0. The van der Waals surface area contributed by atoms with E-state index in [1.807, 2.05) is 12.1 Å². The Morgan fingerprint density at radius 3 is 2.44 bits per heavy atom. The molecule has 1 fully saturated rings. The van der Waals surface area contributed by atoms with Gasteiger partial charge in [-0.25, -0.2) is 4.79 Å². The molecule has 6 heteroatoms. The summed E-state index contributed by atoms with van der Waals surface area (Å²) in [4.78, 5) is 27.2. The van der Waals surface area contributed by atoms with Gasteiger partial charge in [0.05, 0.1) is 24.6 Å². The first kappa shape index (κ1) is 23.6. The quantitative estimate of drug-likeness (QED) is 0.441. The highest BCUT2D eigenvalue weighted by molar-refractivity contribution is 5.89. The molecule has 2 aromatic rings. The summed E-state index contributed by atoms with van der Waals surface area (Å²) in [5, 5.41) is 3.23. The van der Waals surface area contributed by atoms with E-state index in [1.54, 1.807) is 31.2 Å². The van der Waals surface area contributed by atoms with Crippen LogP contribution in [-0.2, 0) is 16.0 Å². The van der Waals surface area contributed by atoms with Crippen LogP contribution in [0.3, 0.4) is 0 Å². The van der Waals surface area contributed by atoms with E-state index < -0.39 is 0 Å². The summed E-state index contributed by atoms with van der Waals surface area (Å²) in [6, 6.07) is 13.0. The van der Waals surface area contributed by atoms with E-state index in [1.165, 1.54) is 24.9 Å². The average Bonchev–Trinajstić information content (AvgIpc) is 2.80. The number of benzene rings is 2. The maximum atomic E-state index is 12.9. The number of esters is 1. The molecule has 6 nitrogen and oxygen atoms in total. The maximum Gasteiger partial charge on any atom is 0.338 e. The number of ether oxygens (including phenoxy) is 1. The van der Waals surface area contributed by atoms with Gasteiger partial charge in [-0.3, -0.25) is 4.79 Å². The first-order valence-corrected chi connectivity index (χ1v) is 11.7. The maximum absolute atomic E-state index is 12.9. The zero-order chi connectivity index (χ0) is 22.9. The zero-order valence-electron chi connectivity index (χ0n) is 19.2. The van der Waals surface area contributed by atoms with Crippen LogP contribution in [0.4, 0.5) is 11.4 Å². The van der Waals surface area contributed by atoms with Crippen molar-refractivity contribution in [2.45, 2.75) is 58.4 Å². The highest BCUT2D eigenvalue weighted by Crippen LogP contribution is 2.33. The molecule has 3 rings (SSSR count). The smallest absolute Gasteiger partial charge is 0.338 e. The van der Waals surface area contributed by atoms with Crippen molar-refractivity contribution in [3.05, 3.63) is 59.2 Å². The molecule has 1 aliphatic rings. The topological polar surface area (TPSA) is 84.7 Å². The lowest BCUT2D eigenvalue weighted by Crippen LogP contribution is -2.34. The Bertz CT molecular complexity index is 905. The fraction of sp³-hybridized carbons (Fsp3) is 0.462. The van der Waals surface area contributed by atoms with Crippen molar-refractivity contribution in [2.75, 3.05) is 30.3 Å². The first-order valence-electron chi connectivity index (χ1n) is 11.7. The molecule has 0 saturated carbocycles. The van der Waals surface area contributed by atoms with Crippen LogP contribution in [0.25, 0.3) is 0 Å². The number of carbonyl (C=O) groups excluding carboxylic acids is 2. The number of amides is 1. The summed E-state index contributed by atoms with van der Waals surface area (Å²) in [6.07, 6.45) is 5.70. The molecule has 1 saturated heterocycles. The van der Waals surface area contributed by atoms with Crippen LogP contribution in [0.5, 0.6) is 0 Å². The van der Waals surface area contributed by atoms with Crippen LogP contribution in [0.15, 0.2) is 42.5 Å². The van der Waals surface area contributed by atoms with E-state index in [4.69, 9.17) is 10.5 Å². The van der Waals surface area contributed by atoms with E-state index in [2.05, 4.69) is 23.2 Å². The molecule has 1 atom stereocenters. The Morgan fingerprint density at radius 2 is 1.78 bits per heavy atom. The lowest BCUT2D eigenvalue weighted by Gasteiger charge is -2.33. The van der Waals surface area contributed by atoms with Crippen LogP contribution < -0.4 is 16.0 Å². The molecule has 1 amide bonds. The predicted molar refractivity (Wildman–Crippen MR) is 129 cm³/mol. The molecule has 0 aromatic heterocycles. The molecule has 172 valence electrons. The van der Waals surface area contributed by atoms with E-state index in [9.17, 15) is 9.59 Å². The Morgan fingerprint density at radius 1 is 1.06 bits per heavy atom. The summed E-state index contributed by atoms with van der Waals surface area (Å²) in [6.45, 7) is 6.32. The van der Waals surface area contributed by atoms with Crippen LogP contribution in [0.2, 0.25) is 0 Å². The minimum absolute atomic E-state index is 0.0423. The van der Waals surface area contributed by atoms with Crippen molar-refractivity contribution in [1.82, 2.24) is 5.32 Å². The Balaban J connectivity index is 1.73. The Hall–Kier alpha value is -3.02. The third-order valence-corrected chi connectivity index (χ3v) is 5.87. The number of nitrogens with zero attached hydrogens (tertiary/aromatic N) is 1. The largest absolute Gasteiger partial charge is 0.462 e. The molecule has 0 radical (unpaired) electrons. The van der Waals surface area contributed by atoms with Crippen molar-refractivity contribution in [3.8, 4) is 0 Å². The van der Waals surface area contributed by atoms with Gasteiger partial charge in [0.25, 0.3) is 0 Å². The molecule has 0 bridgehead atoms. The van der Waals surface area contributed by atoms with Crippen LogP contribution in [-0.4, -0.2) is 31.6 Å². The van der Waals surface area contributed by atoms with E-state index in [0.717, 1.165) is 37.1 Å². The van der Waals surface area contributed by atoms with Gasteiger partial charge < -0.3 is 20.7 Å². The van der Waals surface area contributed by atoms with Gasteiger partial charge in [0, 0.05) is 24.5 Å². The monoisotopic (exact) mass is 437 g/mol. The van der Waals surface area contributed by atoms with E-state index in [0.29, 0.717) is 17.9 Å². The lowest BCUT2D eigenvalue weighted by molar-refractivity contribution is -0.121. The number of nitrogens with one attached hydrogen (secondary N) is 1. The summed E-state index contributed by atoms with van der Waals surface area (Å²) in [5.74, 6) is -0.391. The number of piperidine rings is 1. The number of rotatable bonds is 9. The van der Waals surface area contributed by atoms with Gasteiger partial charge in [-0.05, 0) is 74.1 Å². The predicted octanol–water partition coefficient (Wildman–Crippen LogP) is 4.64. The molecule has 0 spiro atoms. The molecule has 1 unspecified atom stereocenters. The number of carbonyl (C=O) groups is 2. The van der Waals surface area contributed by atoms with Gasteiger partial charge in [-0.15, -0.1) is 0 Å².